The molecular formula is C34H20O2. The lowest BCUT2D eigenvalue weighted by molar-refractivity contribution is 0.615. The smallest absolute Gasteiger partial charge is 0.143 e. The van der Waals surface area contributed by atoms with Crippen molar-refractivity contribution in [2.75, 3.05) is 0 Å². The SMILES string of the molecule is c1ccc(-c2c3ccccc3c(-c3cccc4c3oc3ccc5occc5c34)c3ccccc23)cc1. The van der Waals surface area contributed by atoms with Crippen molar-refractivity contribution in [3.8, 4) is 22.3 Å². The highest BCUT2D eigenvalue weighted by molar-refractivity contribution is 6.26. The molecule has 2 heterocycles. The minimum atomic E-state index is 0.874. The van der Waals surface area contributed by atoms with Gasteiger partial charge in [-0.05, 0) is 50.9 Å². The van der Waals surface area contributed by atoms with E-state index in [2.05, 4.69) is 97.1 Å². The Kier molecular flexibility index (Phi) is 3.97. The molecule has 0 fully saturated rings. The molecule has 6 aromatic carbocycles. The fourth-order valence-corrected chi connectivity index (χ4v) is 5.87. The van der Waals surface area contributed by atoms with Crippen LogP contribution in [0.3, 0.4) is 0 Å². The fraction of sp³-hybridized carbons (Fsp3) is 0. The van der Waals surface area contributed by atoms with Crippen LogP contribution >= 0.6 is 0 Å². The summed E-state index contributed by atoms with van der Waals surface area (Å²) in [5.74, 6) is 0. The first-order valence-corrected chi connectivity index (χ1v) is 12.2. The zero-order chi connectivity index (χ0) is 23.6. The number of fused-ring (bicyclic) bond motifs is 7. The lowest BCUT2D eigenvalue weighted by Gasteiger charge is -2.17. The van der Waals surface area contributed by atoms with Gasteiger partial charge in [-0.2, -0.15) is 0 Å². The van der Waals surface area contributed by atoms with Crippen LogP contribution in [0, 0.1) is 0 Å². The second-order valence-electron chi connectivity index (χ2n) is 9.26. The van der Waals surface area contributed by atoms with E-state index < -0.39 is 0 Å². The minimum Gasteiger partial charge on any atom is -0.464 e. The lowest BCUT2D eigenvalue weighted by atomic mass is 9.85. The summed E-state index contributed by atoms with van der Waals surface area (Å²) in [7, 11) is 0. The number of furan rings is 2. The molecule has 8 aromatic rings. The molecule has 0 bridgehead atoms. The molecule has 0 radical (unpaired) electrons. The summed E-state index contributed by atoms with van der Waals surface area (Å²) in [6, 6.07) is 40.7. The van der Waals surface area contributed by atoms with Crippen LogP contribution in [0.4, 0.5) is 0 Å². The number of benzene rings is 6. The third-order valence-corrected chi connectivity index (χ3v) is 7.36. The maximum absolute atomic E-state index is 6.59. The van der Waals surface area contributed by atoms with Crippen LogP contribution < -0.4 is 0 Å². The second kappa shape index (κ2) is 7.34. The van der Waals surface area contributed by atoms with Crippen molar-refractivity contribution < 1.29 is 8.83 Å². The van der Waals surface area contributed by atoms with Gasteiger partial charge in [0.1, 0.15) is 16.7 Å². The topological polar surface area (TPSA) is 26.3 Å². The molecule has 36 heavy (non-hydrogen) atoms. The van der Waals surface area contributed by atoms with Gasteiger partial charge >= 0.3 is 0 Å². The van der Waals surface area contributed by atoms with Crippen LogP contribution in [0.1, 0.15) is 0 Å². The maximum Gasteiger partial charge on any atom is 0.143 e. The van der Waals surface area contributed by atoms with E-state index in [-0.39, 0.29) is 0 Å². The fourth-order valence-electron chi connectivity index (χ4n) is 5.87. The van der Waals surface area contributed by atoms with Crippen LogP contribution in [0.5, 0.6) is 0 Å². The standard InChI is InChI=1S/C34H20O2/c1-2-9-21(10-3-1)31-22-11-4-6-13-24(22)32(25-14-7-5-12-23(25)31)27-15-8-16-28-33-26-19-20-35-29(26)17-18-30(33)36-34(27)28/h1-20H. The van der Waals surface area contributed by atoms with Crippen LogP contribution in [-0.2, 0) is 0 Å². The van der Waals surface area contributed by atoms with Crippen LogP contribution in [0.25, 0.3) is 76.7 Å². The normalized spacial score (nSPS) is 11.9. The highest BCUT2D eigenvalue weighted by atomic mass is 16.3. The van der Waals surface area contributed by atoms with E-state index in [9.17, 15) is 0 Å². The average molecular weight is 461 g/mol. The molecule has 0 spiro atoms. The van der Waals surface area contributed by atoms with Gasteiger partial charge in [0.2, 0.25) is 0 Å². The van der Waals surface area contributed by atoms with Gasteiger partial charge in [0.25, 0.3) is 0 Å². The minimum absolute atomic E-state index is 0.874. The summed E-state index contributed by atoms with van der Waals surface area (Å²) in [5, 5.41) is 8.21. The van der Waals surface area contributed by atoms with E-state index in [1.165, 1.54) is 38.2 Å². The first-order chi connectivity index (χ1) is 17.9. The van der Waals surface area contributed by atoms with Crippen LogP contribution in [0.15, 0.2) is 130 Å². The van der Waals surface area contributed by atoms with E-state index in [0.29, 0.717) is 0 Å². The lowest BCUT2D eigenvalue weighted by Crippen LogP contribution is -1.90. The molecule has 168 valence electrons. The number of hydrogen-bond donors (Lipinski definition) is 0. The first kappa shape index (κ1) is 19.5. The highest BCUT2D eigenvalue weighted by Crippen LogP contribution is 2.46. The van der Waals surface area contributed by atoms with Gasteiger partial charge in [0.15, 0.2) is 0 Å². The molecular weight excluding hydrogens is 440 g/mol. The first-order valence-electron chi connectivity index (χ1n) is 12.2. The summed E-state index contributed by atoms with van der Waals surface area (Å²) in [5.41, 5.74) is 7.45. The number of hydrogen-bond acceptors (Lipinski definition) is 2. The van der Waals surface area contributed by atoms with Crippen LogP contribution in [0.2, 0.25) is 0 Å². The zero-order valence-electron chi connectivity index (χ0n) is 19.4. The summed E-state index contributed by atoms with van der Waals surface area (Å²) < 4.78 is 12.3. The largest absolute Gasteiger partial charge is 0.464 e. The Hall–Kier alpha value is -4.82. The third kappa shape index (κ3) is 2.61. The van der Waals surface area contributed by atoms with Gasteiger partial charge in [0, 0.05) is 27.3 Å². The molecule has 2 heteroatoms. The van der Waals surface area contributed by atoms with Crippen molar-refractivity contribution >= 4 is 54.5 Å². The molecule has 8 rings (SSSR count). The molecule has 2 nitrogen and oxygen atoms in total. The highest BCUT2D eigenvalue weighted by Gasteiger charge is 2.20. The maximum atomic E-state index is 6.59. The van der Waals surface area contributed by atoms with Crippen molar-refractivity contribution in [1.29, 1.82) is 0 Å². The predicted molar refractivity (Wildman–Crippen MR) is 149 cm³/mol. The van der Waals surface area contributed by atoms with E-state index in [1.807, 2.05) is 18.2 Å². The number of para-hydroxylation sites is 1. The molecule has 0 N–H and O–H groups in total. The molecule has 0 atom stereocenters. The van der Waals surface area contributed by atoms with Crippen LogP contribution in [-0.4, -0.2) is 0 Å². The Labute approximate surface area is 207 Å². The molecule has 0 saturated heterocycles. The quantitative estimate of drug-likeness (QED) is 0.240. The van der Waals surface area contributed by atoms with Gasteiger partial charge in [-0.15, -0.1) is 0 Å². The molecule has 0 aliphatic heterocycles. The van der Waals surface area contributed by atoms with E-state index in [0.717, 1.165) is 38.5 Å². The van der Waals surface area contributed by atoms with Crippen molar-refractivity contribution in [3.63, 3.8) is 0 Å². The predicted octanol–water partition coefficient (Wildman–Crippen LogP) is 9.97. The molecule has 0 amide bonds. The van der Waals surface area contributed by atoms with E-state index >= 15 is 0 Å². The van der Waals surface area contributed by atoms with Crippen molar-refractivity contribution in [1.82, 2.24) is 0 Å². The molecule has 0 aliphatic carbocycles. The van der Waals surface area contributed by atoms with Gasteiger partial charge in [-0.3, -0.25) is 0 Å². The zero-order valence-corrected chi connectivity index (χ0v) is 19.4. The number of rotatable bonds is 2. The summed E-state index contributed by atoms with van der Waals surface area (Å²) in [6.07, 6.45) is 1.75. The van der Waals surface area contributed by atoms with Gasteiger partial charge < -0.3 is 8.83 Å². The van der Waals surface area contributed by atoms with Gasteiger partial charge in [-0.1, -0.05) is 97.1 Å². The molecule has 2 aromatic heterocycles. The van der Waals surface area contributed by atoms with Crippen molar-refractivity contribution in [2.24, 2.45) is 0 Å². The third-order valence-electron chi connectivity index (χ3n) is 7.36. The monoisotopic (exact) mass is 460 g/mol. The molecule has 0 aliphatic rings. The van der Waals surface area contributed by atoms with E-state index in [4.69, 9.17) is 8.83 Å². The molecule has 0 unspecified atom stereocenters. The van der Waals surface area contributed by atoms with E-state index in [1.54, 1.807) is 6.26 Å². The van der Waals surface area contributed by atoms with Gasteiger partial charge in [-0.25, -0.2) is 0 Å². The van der Waals surface area contributed by atoms with Crippen molar-refractivity contribution in [3.05, 3.63) is 122 Å². The Bertz CT molecular complexity index is 2030. The Morgan fingerprint density at radius 2 is 1.03 bits per heavy atom. The van der Waals surface area contributed by atoms with Gasteiger partial charge in [0.05, 0.1) is 6.26 Å². The Morgan fingerprint density at radius 1 is 0.417 bits per heavy atom. The summed E-state index contributed by atoms with van der Waals surface area (Å²) in [4.78, 5) is 0. The summed E-state index contributed by atoms with van der Waals surface area (Å²) in [6.45, 7) is 0. The summed E-state index contributed by atoms with van der Waals surface area (Å²) >= 11 is 0. The average Bonchev–Trinajstić information content (AvgIpc) is 3.56. The Balaban J connectivity index is 1.56. The van der Waals surface area contributed by atoms with Crippen molar-refractivity contribution in [2.45, 2.75) is 0 Å². The second-order valence-corrected chi connectivity index (χ2v) is 9.26. The Morgan fingerprint density at radius 3 is 1.75 bits per heavy atom. The molecule has 0 saturated carbocycles.